The molecule has 0 bridgehead atoms. The van der Waals surface area contributed by atoms with E-state index in [1.807, 2.05) is 12.1 Å². The second-order valence-corrected chi connectivity index (χ2v) is 14.9. The molecule has 0 saturated carbocycles. The van der Waals surface area contributed by atoms with E-state index < -0.39 is 0 Å². The van der Waals surface area contributed by atoms with E-state index in [9.17, 15) is 0 Å². The standard InChI is InChI=1S/C51H35NO/c1-51(2)47-17-9-7-15-41(47)42-27-24-36(30-48(42)51)52(35-25-28-50-46(29-35)43-16-8-10-18-49(43)53-50)34-22-19-33(20-23-34)44-31-45-37-12-4-3-11-32(37)21-26-40(45)38-13-5-6-14-39(38)44/h3-31H,1-2H3. The summed E-state index contributed by atoms with van der Waals surface area (Å²) in [5, 5.41) is 9.89. The summed E-state index contributed by atoms with van der Waals surface area (Å²) in [7, 11) is 0. The highest BCUT2D eigenvalue weighted by Gasteiger charge is 2.35. The second-order valence-electron chi connectivity index (χ2n) is 14.9. The highest BCUT2D eigenvalue weighted by molar-refractivity contribution is 6.21. The molecule has 53 heavy (non-hydrogen) atoms. The van der Waals surface area contributed by atoms with Crippen LogP contribution in [-0.4, -0.2) is 0 Å². The molecule has 0 amide bonds. The molecule has 2 nitrogen and oxygen atoms in total. The normalized spacial score (nSPS) is 13.2. The highest BCUT2D eigenvalue weighted by atomic mass is 16.3. The van der Waals surface area contributed by atoms with Crippen LogP contribution < -0.4 is 4.90 Å². The van der Waals surface area contributed by atoms with E-state index >= 15 is 0 Å². The number of para-hydroxylation sites is 1. The van der Waals surface area contributed by atoms with Gasteiger partial charge in [0.25, 0.3) is 0 Å². The van der Waals surface area contributed by atoms with E-state index in [0.717, 1.165) is 39.0 Å². The van der Waals surface area contributed by atoms with E-state index in [1.165, 1.54) is 65.7 Å². The first-order chi connectivity index (χ1) is 26.0. The molecule has 2 heteroatoms. The first kappa shape index (κ1) is 30.0. The van der Waals surface area contributed by atoms with Gasteiger partial charge < -0.3 is 9.32 Å². The molecule has 0 radical (unpaired) electrons. The molecule has 9 aromatic carbocycles. The van der Waals surface area contributed by atoms with Gasteiger partial charge in [0.15, 0.2) is 0 Å². The Morgan fingerprint density at radius 2 is 1.00 bits per heavy atom. The minimum Gasteiger partial charge on any atom is -0.456 e. The van der Waals surface area contributed by atoms with E-state index in [2.05, 4.69) is 183 Å². The molecule has 0 fully saturated rings. The van der Waals surface area contributed by atoms with Gasteiger partial charge in [0.2, 0.25) is 0 Å². The van der Waals surface area contributed by atoms with Gasteiger partial charge in [-0.25, -0.2) is 0 Å². The highest BCUT2D eigenvalue weighted by Crippen LogP contribution is 2.51. The topological polar surface area (TPSA) is 16.4 Å². The Morgan fingerprint density at radius 3 is 1.87 bits per heavy atom. The predicted molar refractivity (Wildman–Crippen MR) is 224 cm³/mol. The summed E-state index contributed by atoms with van der Waals surface area (Å²) in [5.74, 6) is 0. The van der Waals surface area contributed by atoms with Crippen LogP contribution in [0.3, 0.4) is 0 Å². The zero-order chi connectivity index (χ0) is 35.3. The molecule has 1 aromatic heterocycles. The summed E-state index contributed by atoms with van der Waals surface area (Å²) >= 11 is 0. The summed E-state index contributed by atoms with van der Waals surface area (Å²) in [6.45, 7) is 4.70. The SMILES string of the molecule is CC1(C)c2ccccc2-c2ccc(N(c3ccc(-c4cc5c6ccccc6ccc5c5ccccc45)cc3)c3ccc4oc5ccccc5c4c3)cc21. The van der Waals surface area contributed by atoms with Gasteiger partial charge in [-0.15, -0.1) is 0 Å². The zero-order valence-electron chi connectivity index (χ0n) is 29.6. The van der Waals surface area contributed by atoms with Crippen molar-refractivity contribution in [2.75, 3.05) is 4.90 Å². The van der Waals surface area contributed by atoms with Crippen molar-refractivity contribution in [1.82, 2.24) is 0 Å². The first-order valence-corrected chi connectivity index (χ1v) is 18.4. The van der Waals surface area contributed by atoms with Crippen molar-refractivity contribution >= 4 is 71.3 Å². The van der Waals surface area contributed by atoms with E-state index in [0.29, 0.717) is 0 Å². The number of furan rings is 1. The molecule has 0 saturated heterocycles. The fourth-order valence-corrected chi connectivity index (χ4v) is 9.02. The Labute approximate surface area is 308 Å². The molecular formula is C51H35NO. The molecule has 0 atom stereocenters. The summed E-state index contributed by atoms with van der Waals surface area (Å²) in [6.07, 6.45) is 0. The predicted octanol–water partition coefficient (Wildman–Crippen LogP) is 14.5. The third-order valence-corrected chi connectivity index (χ3v) is 11.6. The molecule has 1 aliphatic rings. The van der Waals surface area contributed by atoms with Gasteiger partial charge in [0.05, 0.1) is 0 Å². The van der Waals surface area contributed by atoms with Gasteiger partial charge in [0, 0.05) is 33.2 Å². The third-order valence-electron chi connectivity index (χ3n) is 11.6. The Bertz CT molecular complexity index is 3090. The lowest BCUT2D eigenvalue weighted by Crippen LogP contribution is -2.16. The molecule has 1 aliphatic carbocycles. The van der Waals surface area contributed by atoms with Crippen molar-refractivity contribution in [3.8, 4) is 22.3 Å². The van der Waals surface area contributed by atoms with Crippen LogP contribution in [0, 0.1) is 0 Å². The Kier molecular flexibility index (Phi) is 6.33. The average Bonchev–Trinajstić information content (AvgIpc) is 3.69. The zero-order valence-corrected chi connectivity index (χ0v) is 29.6. The van der Waals surface area contributed by atoms with Gasteiger partial charge in [-0.1, -0.05) is 135 Å². The van der Waals surface area contributed by atoms with Gasteiger partial charge in [-0.05, 0) is 120 Å². The molecule has 0 aliphatic heterocycles. The van der Waals surface area contributed by atoms with E-state index in [1.54, 1.807) is 0 Å². The van der Waals surface area contributed by atoms with Crippen molar-refractivity contribution in [3.63, 3.8) is 0 Å². The van der Waals surface area contributed by atoms with Crippen LogP contribution in [0.1, 0.15) is 25.0 Å². The fourth-order valence-electron chi connectivity index (χ4n) is 9.02. The smallest absolute Gasteiger partial charge is 0.135 e. The second kappa shape index (κ2) is 11.2. The third kappa shape index (κ3) is 4.45. The summed E-state index contributed by atoms with van der Waals surface area (Å²) < 4.78 is 6.26. The lowest BCUT2D eigenvalue weighted by Gasteiger charge is -2.28. The van der Waals surface area contributed by atoms with Gasteiger partial charge in [-0.3, -0.25) is 0 Å². The molecule has 11 rings (SSSR count). The number of rotatable bonds is 4. The molecule has 10 aromatic rings. The van der Waals surface area contributed by atoms with Gasteiger partial charge in [0.1, 0.15) is 11.2 Å². The van der Waals surface area contributed by atoms with Gasteiger partial charge >= 0.3 is 0 Å². The summed E-state index contributed by atoms with van der Waals surface area (Å²) in [4.78, 5) is 2.40. The van der Waals surface area contributed by atoms with E-state index in [-0.39, 0.29) is 5.41 Å². The molecule has 0 unspecified atom stereocenters. The lowest BCUT2D eigenvalue weighted by atomic mass is 9.82. The molecule has 250 valence electrons. The number of nitrogens with zero attached hydrogens (tertiary/aromatic N) is 1. The average molecular weight is 678 g/mol. The number of hydrogen-bond acceptors (Lipinski definition) is 2. The maximum atomic E-state index is 6.26. The Morgan fingerprint density at radius 1 is 0.377 bits per heavy atom. The van der Waals surface area contributed by atoms with Crippen molar-refractivity contribution in [1.29, 1.82) is 0 Å². The van der Waals surface area contributed by atoms with Crippen LogP contribution in [0.5, 0.6) is 0 Å². The number of fused-ring (bicyclic) bond motifs is 11. The minimum absolute atomic E-state index is 0.108. The van der Waals surface area contributed by atoms with Crippen LogP contribution >= 0.6 is 0 Å². The van der Waals surface area contributed by atoms with Crippen molar-refractivity contribution < 1.29 is 4.42 Å². The molecule has 1 heterocycles. The van der Waals surface area contributed by atoms with Crippen LogP contribution in [0.4, 0.5) is 17.1 Å². The van der Waals surface area contributed by atoms with Crippen LogP contribution in [0.25, 0.3) is 76.5 Å². The van der Waals surface area contributed by atoms with Crippen LogP contribution in [0.2, 0.25) is 0 Å². The summed E-state index contributed by atoms with van der Waals surface area (Å²) in [6, 6.07) is 64.3. The van der Waals surface area contributed by atoms with Gasteiger partial charge in [-0.2, -0.15) is 0 Å². The quantitative estimate of drug-likeness (QED) is 0.172. The number of hydrogen-bond donors (Lipinski definition) is 0. The van der Waals surface area contributed by atoms with Crippen molar-refractivity contribution in [2.45, 2.75) is 19.3 Å². The maximum Gasteiger partial charge on any atom is 0.135 e. The van der Waals surface area contributed by atoms with Crippen molar-refractivity contribution in [3.05, 3.63) is 187 Å². The van der Waals surface area contributed by atoms with Crippen LogP contribution in [-0.2, 0) is 5.41 Å². The maximum absolute atomic E-state index is 6.26. The van der Waals surface area contributed by atoms with Crippen LogP contribution in [0.15, 0.2) is 180 Å². The monoisotopic (exact) mass is 677 g/mol. The molecule has 0 N–H and O–H groups in total. The fraction of sp³-hybridized carbons (Fsp3) is 0.0588. The molecule has 0 spiro atoms. The first-order valence-electron chi connectivity index (χ1n) is 18.4. The lowest BCUT2D eigenvalue weighted by molar-refractivity contribution is 0.660. The number of anilines is 3. The van der Waals surface area contributed by atoms with E-state index in [4.69, 9.17) is 4.42 Å². The van der Waals surface area contributed by atoms with Crippen molar-refractivity contribution in [2.24, 2.45) is 0 Å². The summed E-state index contributed by atoms with van der Waals surface area (Å²) in [5.41, 5.74) is 12.8. The Balaban J connectivity index is 1.10. The minimum atomic E-state index is -0.108. The molecular weight excluding hydrogens is 643 g/mol. The largest absolute Gasteiger partial charge is 0.456 e. The Hall–Kier alpha value is -6.64. The number of benzene rings is 9.